The number of aliphatic hydroxyl groups excluding tert-OH is 1. The lowest BCUT2D eigenvalue weighted by Crippen LogP contribution is -2.47. The van der Waals surface area contributed by atoms with Crippen molar-refractivity contribution >= 4 is 16.0 Å². The summed E-state index contributed by atoms with van der Waals surface area (Å²) in [7, 11) is -4.28. The molecule has 2 atom stereocenters. The first kappa shape index (κ1) is 32.3. The van der Waals surface area contributed by atoms with Gasteiger partial charge in [0.25, 0.3) is 10.1 Å². The van der Waals surface area contributed by atoms with Crippen LogP contribution >= 0.6 is 0 Å². The molecule has 0 fully saturated rings. The molecule has 0 aliphatic carbocycles. The SMILES string of the molecule is CCCCCCCCCCCCCCC(=O)NC(CS(=O)(=O)O)C(O)CCCCCCCC. The average molecular weight is 492 g/mol. The predicted octanol–water partition coefficient (Wildman–Crippen LogP) is 6.56. The molecule has 0 aliphatic rings. The van der Waals surface area contributed by atoms with Crippen LogP contribution in [0.4, 0.5) is 0 Å². The Labute approximate surface area is 204 Å². The number of aliphatic hydroxyl groups is 1. The Hall–Kier alpha value is -0.660. The predicted molar refractivity (Wildman–Crippen MR) is 138 cm³/mol. The van der Waals surface area contributed by atoms with Gasteiger partial charge in [-0.25, -0.2) is 0 Å². The summed E-state index contributed by atoms with van der Waals surface area (Å²) in [6, 6.07) is -0.958. The van der Waals surface area contributed by atoms with E-state index in [0.717, 1.165) is 44.9 Å². The first-order valence-electron chi connectivity index (χ1n) is 13.7. The summed E-state index contributed by atoms with van der Waals surface area (Å²) in [4.78, 5) is 12.3. The Bertz CT molecular complexity index is 553. The van der Waals surface area contributed by atoms with Crippen LogP contribution in [-0.2, 0) is 14.9 Å². The van der Waals surface area contributed by atoms with E-state index in [2.05, 4.69) is 19.2 Å². The highest BCUT2D eigenvalue weighted by atomic mass is 32.2. The van der Waals surface area contributed by atoms with E-state index in [-0.39, 0.29) is 5.91 Å². The molecule has 6 nitrogen and oxygen atoms in total. The molecule has 0 radical (unpaired) electrons. The van der Waals surface area contributed by atoms with Gasteiger partial charge in [-0.05, 0) is 12.8 Å². The number of hydrogen-bond donors (Lipinski definition) is 3. The Balaban J connectivity index is 4.00. The molecule has 0 aromatic rings. The summed E-state index contributed by atoms with van der Waals surface area (Å²) in [6.45, 7) is 4.39. The van der Waals surface area contributed by atoms with Crippen molar-refractivity contribution in [3.63, 3.8) is 0 Å². The lowest BCUT2D eigenvalue weighted by atomic mass is 10.0. The monoisotopic (exact) mass is 491 g/mol. The molecule has 33 heavy (non-hydrogen) atoms. The number of amides is 1. The van der Waals surface area contributed by atoms with Gasteiger partial charge in [-0.3, -0.25) is 9.35 Å². The largest absolute Gasteiger partial charge is 0.391 e. The second-order valence-electron chi connectivity index (χ2n) is 9.69. The standard InChI is InChI=1S/C26H53NO5S/c1-3-5-7-9-11-12-13-14-15-16-18-20-22-26(29)27-24(23-33(30,31)32)25(28)21-19-17-10-8-6-4-2/h24-25,28H,3-23H2,1-2H3,(H,27,29)(H,30,31,32). The molecular formula is C26H53NO5S. The maximum atomic E-state index is 12.3. The highest BCUT2D eigenvalue weighted by Crippen LogP contribution is 2.14. The van der Waals surface area contributed by atoms with Gasteiger partial charge < -0.3 is 10.4 Å². The summed E-state index contributed by atoms with van der Waals surface area (Å²) in [5, 5.41) is 13.1. The van der Waals surface area contributed by atoms with Gasteiger partial charge >= 0.3 is 0 Å². The lowest BCUT2D eigenvalue weighted by Gasteiger charge is -2.23. The maximum absolute atomic E-state index is 12.3. The number of rotatable bonds is 24. The van der Waals surface area contributed by atoms with Crippen molar-refractivity contribution in [2.45, 2.75) is 154 Å². The molecule has 0 saturated heterocycles. The third-order valence-electron chi connectivity index (χ3n) is 6.31. The van der Waals surface area contributed by atoms with Gasteiger partial charge in [-0.2, -0.15) is 8.42 Å². The number of hydrogen-bond acceptors (Lipinski definition) is 4. The molecule has 1 amide bonds. The zero-order chi connectivity index (χ0) is 24.8. The fraction of sp³-hybridized carbons (Fsp3) is 0.962. The quantitative estimate of drug-likeness (QED) is 0.105. The highest BCUT2D eigenvalue weighted by Gasteiger charge is 2.25. The summed E-state index contributed by atoms with van der Waals surface area (Å²) in [5.41, 5.74) is 0. The minimum Gasteiger partial charge on any atom is -0.391 e. The average Bonchev–Trinajstić information content (AvgIpc) is 2.75. The molecule has 0 bridgehead atoms. The van der Waals surface area contributed by atoms with Crippen molar-refractivity contribution in [1.29, 1.82) is 0 Å². The Kier molecular flexibility index (Phi) is 21.4. The third-order valence-corrected chi connectivity index (χ3v) is 7.09. The second kappa shape index (κ2) is 21.8. The molecule has 0 aromatic carbocycles. The van der Waals surface area contributed by atoms with E-state index in [0.29, 0.717) is 12.8 Å². The molecule has 2 unspecified atom stereocenters. The minimum absolute atomic E-state index is 0.252. The fourth-order valence-electron chi connectivity index (χ4n) is 4.22. The van der Waals surface area contributed by atoms with Crippen LogP contribution < -0.4 is 5.32 Å². The minimum atomic E-state index is -4.28. The van der Waals surface area contributed by atoms with Crippen LogP contribution in [0.15, 0.2) is 0 Å². The van der Waals surface area contributed by atoms with E-state index < -0.39 is 28.0 Å². The van der Waals surface area contributed by atoms with E-state index in [9.17, 15) is 22.9 Å². The van der Waals surface area contributed by atoms with Crippen molar-refractivity contribution in [3.8, 4) is 0 Å². The van der Waals surface area contributed by atoms with Crippen molar-refractivity contribution < 1.29 is 22.9 Å². The second-order valence-corrected chi connectivity index (χ2v) is 11.2. The number of nitrogens with one attached hydrogen (secondary N) is 1. The van der Waals surface area contributed by atoms with Gasteiger partial charge in [0.1, 0.15) is 0 Å². The molecule has 0 spiro atoms. The zero-order valence-corrected chi connectivity index (χ0v) is 22.3. The third kappa shape index (κ3) is 22.9. The molecule has 7 heteroatoms. The van der Waals surface area contributed by atoms with Gasteiger partial charge in [0.05, 0.1) is 17.9 Å². The van der Waals surface area contributed by atoms with E-state index >= 15 is 0 Å². The smallest absolute Gasteiger partial charge is 0.266 e. The molecule has 0 saturated carbocycles. The zero-order valence-electron chi connectivity index (χ0n) is 21.5. The molecule has 0 heterocycles. The first-order valence-corrected chi connectivity index (χ1v) is 15.3. The molecular weight excluding hydrogens is 438 g/mol. The van der Waals surface area contributed by atoms with Crippen LogP contribution in [0.2, 0.25) is 0 Å². The lowest BCUT2D eigenvalue weighted by molar-refractivity contribution is -0.122. The topological polar surface area (TPSA) is 104 Å². The van der Waals surface area contributed by atoms with Crippen molar-refractivity contribution in [1.82, 2.24) is 5.32 Å². The summed E-state index contributed by atoms with van der Waals surface area (Å²) in [5.74, 6) is -0.897. The Morgan fingerprint density at radius 2 is 1.09 bits per heavy atom. The fourth-order valence-corrected chi connectivity index (χ4v) is 4.98. The maximum Gasteiger partial charge on any atom is 0.266 e. The van der Waals surface area contributed by atoms with Crippen molar-refractivity contribution in [2.75, 3.05) is 5.75 Å². The van der Waals surface area contributed by atoms with Crippen LogP contribution in [0.1, 0.15) is 142 Å². The van der Waals surface area contributed by atoms with Crippen LogP contribution in [0.25, 0.3) is 0 Å². The number of carbonyl (C=O) groups is 1. The van der Waals surface area contributed by atoms with Gasteiger partial charge in [0.2, 0.25) is 5.91 Å². The van der Waals surface area contributed by atoms with E-state index in [1.807, 2.05) is 0 Å². The molecule has 0 rings (SSSR count). The summed E-state index contributed by atoms with van der Waals surface area (Å²) < 4.78 is 31.9. The Morgan fingerprint density at radius 1 is 0.697 bits per heavy atom. The van der Waals surface area contributed by atoms with Gasteiger partial charge in [0, 0.05) is 6.42 Å². The molecule has 0 aromatic heterocycles. The van der Waals surface area contributed by atoms with E-state index in [1.54, 1.807) is 0 Å². The normalized spacial score (nSPS) is 13.7. The van der Waals surface area contributed by atoms with Crippen LogP contribution in [0.5, 0.6) is 0 Å². The van der Waals surface area contributed by atoms with Crippen molar-refractivity contribution in [3.05, 3.63) is 0 Å². The van der Waals surface area contributed by atoms with E-state index in [4.69, 9.17) is 0 Å². The van der Waals surface area contributed by atoms with Crippen LogP contribution in [0.3, 0.4) is 0 Å². The molecule has 3 N–H and O–H groups in total. The molecule has 198 valence electrons. The van der Waals surface area contributed by atoms with Gasteiger partial charge in [-0.15, -0.1) is 0 Å². The van der Waals surface area contributed by atoms with Crippen LogP contribution in [0, 0.1) is 0 Å². The Morgan fingerprint density at radius 3 is 1.52 bits per heavy atom. The summed E-state index contributed by atoms with van der Waals surface area (Å²) >= 11 is 0. The molecule has 0 aliphatic heterocycles. The summed E-state index contributed by atoms with van der Waals surface area (Å²) in [6.07, 6.45) is 20.8. The first-order chi connectivity index (χ1) is 15.8. The van der Waals surface area contributed by atoms with Gasteiger partial charge in [0.15, 0.2) is 0 Å². The van der Waals surface area contributed by atoms with Crippen molar-refractivity contribution in [2.24, 2.45) is 0 Å². The highest BCUT2D eigenvalue weighted by molar-refractivity contribution is 7.85. The number of carbonyl (C=O) groups excluding carboxylic acids is 1. The van der Waals surface area contributed by atoms with Gasteiger partial charge in [-0.1, -0.05) is 123 Å². The number of unbranched alkanes of at least 4 members (excludes halogenated alkanes) is 16. The van der Waals surface area contributed by atoms with Crippen LogP contribution in [-0.4, -0.2) is 41.9 Å². The van der Waals surface area contributed by atoms with E-state index in [1.165, 1.54) is 70.6 Å².